The second kappa shape index (κ2) is 15.9. The third kappa shape index (κ3) is 7.38. The minimum absolute atomic E-state index is 0.0253. The zero-order chi connectivity index (χ0) is 47.4. The Hall–Kier alpha value is -7.32. The van der Waals surface area contributed by atoms with Crippen LogP contribution < -0.4 is 43.0 Å². The molecular weight excluding hydrogens is 871 g/mol. The first-order valence-electron chi connectivity index (χ1n) is 23.0. The topological polar surface area (TPSA) is 259 Å². The third-order valence-corrected chi connectivity index (χ3v) is 14.4. The van der Waals surface area contributed by atoms with E-state index in [2.05, 4.69) is 63.8 Å². The van der Waals surface area contributed by atoms with Crippen LogP contribution in [0.15, 0.2) is 64.7 Å². The predicted octanol–water partition coefficient (Wildman–Crippen LogP) is 3.44. The Bertz CT molecular complexity index is 3110. The predicted molar refractivity (Wildman–Crippen MR) is 249 cm³/mol. The fraction of sp³-hybridized carbons (Fsp3) is 0.417. The number of carbonyl (C=O) groups excluding carboxylic acids is 4. The second-order valence-corrected chi connectivity index (χ2v) is 19.6. The Labute approximate surface area is 389 Å². The highest BCUT2D eigenvalue weighted by Crippen LogP contribution is 2.49. The molecule has 4 aliphatic carbocycles. The molecule has 4 fully saturated rings. The molecule has 12 rings (SSSR count). The van der Waals surface area contributed by atoms with Gasteiger partial charge in [0.15, 0.2) is 5.66 Å². The van der Waals surface area contributed by atoms with Crippen LogP contribution in [0.4, 0.5) is 34.6 Å². The lowest BCUT2D eigenvalue weighted by Gasteiger charge is -2.31. The van der Waals surface area contributed by atoms with Gasteiger partial charge in [-0.05, 0) is 113 Å². The van der Waals surface area contributed by atoms with Gasteiger partial charge >= 0.3 is 0 Å². The van der Waals surface area contributed by atoms with E-state index in [1.807, 2.05) is 32.0 Å². The summed E-state index contributed by atoms with van der Waals surface area (Å²) in [6.07, 6.45) is 6.92. The van der Waals surface area contributed by atoms with Crippen LogP contribution in [0.25, 0.3) is 0 Å². The number of aromatic nitrogens is 6. The molecule has 4 amide bonds. The first-order valence-corrected chi connectivity index (χ1v) is 23.0. The Morgan fingerprint density at radius 1 is 0.676 bits per heavy atom. The van der Waals surface area contributed by atoms with Gasteiger partial charge in [0.1, 0.15) is 70.5 Å². The van der Waals surface area contributed by atoms with E-state index in [9.17, 15) is 33.9 Å². The number of aryl methyl sites for hydroxylation is 3. The van der Waals surface area contributed by atoms with Gasteiger partial charge in [0.25, 0.3) is 22.9 Å². The van der Waals surface area contributed by atoms with Crippen molar-refractivity contribution in [3.8, 4) is 0 Å². The summed E-state index contributed by atoms with van der Waals surface area (Å²) in [5.41, 5.74) is 2.40. The number of fused-ring (bicyclic) bond motifs is 6. The van der Waals surface area contributed by atoms with Crippen LogP contribution in [-0.4, -0.2) is 82.8 Å². The first-order chi connectivity index (χ1) is 32.6. The van der Waals surface area contributed by atoms with Crippen molar-refractivity contribution in [1.29, 1.82) is 0 Å². The number of hydrogen-bond donors (Lipinski definition) is 7. The molecule has 350 valence electrons. The summed E-state index contributed by atoms with van der Waals surface area (Å²) in [6, 6.07) is 12.2. The van der Waals surface area contributed by atoms with Crippen LogP contribution in [0.2, 0.25) is 0 Å². The fourth-order valence-corrected chi connectivity index (χ4v) is 11.0. The van der Waals surface area contributed by atoms with Crippen molar-refractivity contribution in [1.82, 2.24) is 44.6 Å². The first kappa shape index (κ1) is 43.3. The smallest absolute Gasteiger partial charge is 0.276 e. The van der Waals surface area contributed by atoms with Gasteiger partial charge in [0.05, 0.1) is 0 Å². The van der Waals surface area contributed by atoms with Crippen molar-refractivity contribution >= 4 is 58.3 Å². The number of amides is 4. The van der Waals surface area contributed by atoms with Crippen molar-refractivity contribution in [2.24, 2.45) is 23.7 Å². The third-order valence-electron chi connectivity index (χ3n) is 14.4. The normalized spacial score (nSPS) is 24.9. The van der Waals surface area contributed by atoms with Gasteiger partial charge in [-0.15, -0.1) is 0 Å². The Balaban J connectivity index is 0.000000149. The van der Waals surface area contributed by atoms with E-state index in [0.717, 1.165) is 68.3 Å². The number of nitrogens with zero attached hydrogens (tertiary/aromatic N) is 7. The summed E-state index contributed by atoms with van der Waals surface area (Å²) in [7, 11) is 2.12. The summed E-state index contributed by atoms with van der Waals surface area (Å²) in [5, 5.41) is 29.1. The standard InChI is InChI=1S/C25H24N6O4.C23H27N7O3/c1-12-3-4-15-10-25(21(32)16(15)7-12)30-23(34)20-13(2)8-17(24(35)31(20)25)28-18-9-19(27-11-26-18)29-22(33)14-5-6-14;1-12-5-16(26-17-6-18(25-11-24-17)27-20(31)13-3-4-13)22(33)30-19(12)21(32)28-23(30)7-14-9-29(2)10-15(14)8-23/h3-4,7-9,11,14,21,32H,5-6,10H2,1-2H3,(H,30,34)(H2,26,27,28,29,33);5-6,11,13-15H,3-4,7-10H2,1-2H3,(H,28,32)(H2,24,25,26,27,31)/t21-,25?;14-,15+,23?/m0./s1. The number of hydrogen-bond acceptors (Lipinski definition) is 14. The maximum absolute atomic E-state index is 13.7. The van der Waals surface area contributed by atoms with Crippen molar-refractivity contribution in [3.63, 3.8) is 0 Å². The summed E-state index contributed by atoms with van der Waals surface area (Å²) < 4.78 is 3.06. The fourth-order valence-electron chi connectivity index (χ4n) is 11.0. The SMILES string of the molecule is Cc1cc(Nc2cc(NC(=O)C3CC3)ncn2)c(=O)n2c1C(=O)NC21C[C@H]2CN(C)C[C@H]2C1.Cc1ccc2c(c1)[C@H](O)C1(C2)NC(=O)c2c(C)cc(Nc3cc(NC(=O)C4CC4)ncn3)c(=O)n21. The molecule has 7 N–H and O–H groups in total. The molecular formula is C48H51N13O7. The maximum Gasteiger partial charge on any atom is 0.276 e. The van der Waals surface area contributed by atoms with Gasteiger partial charge < -0.3 is 41.9 Å². The number of aliphatic hydroxyl groups is 1. The van der Waals surface area contributed by atoms with Crippen molar-refractivity contribution in [2.45, 2.75) is 83.1 Å². The summed E-state index contributed by atoms with van der Waals surface area (Å²) in [4.78, 5) is 96.3. The van der Waals surface area contributed by atoms with E-state index in [4.69, 9.17) is 0 Å². The van der Waals surface area contributed by atoms with E-state index in [0.29, 0.717) is 57.6 Å². The quantitative estimate of drug-likeness (QED) is 0.118. The number of benzene rings is 1. The molecule has 3 saturated carbocycles. The number of aliphatic hydroxyl groups excluding tert-OH is 1. The minimum atomic E-state index is -1.31. The zero-order valence-corrected chi connectivity index (χ0v) is 38.0. The molecule has 4 aromatic heterocycles. The van der Waals surface area contributed by atoms with Crippen LogP contribution in [0, 0.1) is 44.4 Å². The van der Waals surface area contributed by atoms with Gasteiger partial charge in [-0.1, -0.05) is 23.8 Å². The molecule has 7 heterocycles. The van der Waals surface area contributed by atoms with Crippen LogP contribution in [0.5, 0.6) is 0 Å². The summed E-state index contributed by atoms with van der Waals surface area (Å²) >= 11 is 0. The maximum atomic E-state index is 13.7. The Kier molecular flexibility index (Phi) is 10.1. The van der Waals surface area contributed by atoms with E-state index in [1.54, 1.807) is 35.8 Å². The minimum Gasteiger partial charge on any atom is -0.384 e. The average molecular weight is 922 g/mol. The van der Waals surface area contributed by atoms with Gasteiger partial charge in [-0.25, -0.2) is 19.9 Å². The van der Waals surface area contributed by atoms with E-state index < -0.39 is 28.9 Å². The van der Waals surface area contributed by atoms with Crippen LogP contribution in [0.3, 0.4) is 0 Å². The number of anilines is 6. The molecule has 3 aliphatic heterocycles. The lowest BCUT2D eigenvalue weighted by atomic mass is 10.0. The molecule has 1 aromatic carbocycles. The highest BCUT2D eigenvalue weighted by Gasteiger charge is 2.56. The Morgan fingerprint density at radius 3 is 1.72 bits per heavy atom. The Morgan fingerprint density at radius 2 is 1.18 bits per heavy atom. The largest absolute Gasteiger partial charge is 0.384 e. The van der Waals surface area contributed by atoms with Gasteiger partial charge in [-0.3, -0.25) is 37.9 Å². The lowest BCUT2D eigenvalue weighted by molar-refractivity contribution is -0.118. The zero-order valence-electron chi connectivity index (χ0n) is 38.0. The van der Waals surface area contributed by atoms with Gasteiger partial charge in [0, 0.05) is 43.5 Å². The number of likely N-dealkylation sites (tertiary alicyclic amines) is 1. The van der Waals surface area contributed by atoms with E-state index >= 15 is 0 Å². The monoisotopic (exact) mass is 921 g/mol. The molecule has 0 radical (unpaired) electrons. The summed E-state index contributed by atoms with van der Waals surface area (Å²) in [5.74, 6) is 1.75. The molecule has 7 aliphatic rings. The highest BCUT2D eigenvalue weighted by molar-refractivity contribution is 5.98. The molecule has 20 heteroatoms. The molecule has 1 saturated heterocycles. The van der Waals surface area contributed by atoms with Crippen molar-refractivity contribution < 1.29 is 24.3 Å². The molecule has 68 heavy (non-hydrogen) atoms. The van der Waals surface area contributed by atoms with Crippen LogP contribution >= 0.6 is 0 Å². The number of pyridine rings is 2. The molecule has 5 aromatic rings. The molecule has 0 bridgehead atoms. The highest BCUT2D eigenvalue weighted by atomic mass is 16.3. The van der Waals surface area contributed by atoms with Crippen LogP contribution in [-0.2, 0) is 27.3 Å². The van der Waals surface area contributed by atoms with Crippen molar-refractivity contribution in [3.05, 3.63) is 115 Å². The molecule has 20 nitrogen and oxygen atoms in total. The summed E-state index contributed by atoms with van der Waals surface area (Å²) in [6.45, 7) is 7.49. The second-order valence-electron chi connectivity index (χ2n) is 19.6. The number of carbonyl (C=O) groups is 4. The molecule has 2 spiro atoms. The van der Waals surface area contributed by atoms with Gasteiger partial charge in [0.2, 0.25) is 11.8 Å². The number of nitrogens with one attached hydrogen (secondary N) is 6. The molecule has 5 atom stereocenters. The molecule has 2 unspecified atom stereocenters. The van der Waals surface area contributed by atoms with Crippen molar-refractivity contribution in [2.75, 3.05) is 41.4 Å². The lowest BCUT2D eigenvalue weighted by Crippen LogP contribution is -2.50. The number of rotatable bonds is 8. The van der Waals surface area contributed by atoms with Crippen LogP contribution in [0.1, 0.15) is 93.4 Å². The van der Waals surface area contributed by atoms with E-state index in [-0.39, 0.29) is 52.9 Å². The van der Waals surface area contributed by atoms with Gasteiger partial charge in [-0.2, -0.15) is 0 Å². The van der Waals surface area contributed by atoms with E-state index in [1.165, 1.54) is 17.2 Å². The average Bonchev–Trinajstić information content (AvgIpc) is 4.20.